The molecule has 0 radical (unpaired) electrons. The first-order valence-corrected chi connectivity index (χ1v) is 6.78. The Morgan fingerprint density at radius 3 is 2.82 bits per heavy atom. The second-order valence-corrected chi connectivity index (χ2v) is 5.37. The van der Waals surface area contributed by atoms with Crippen molar-refractivity contribution in [2.45, 2.75) is 32.1 Å². The van der Waals surface area contributed by atoms with Gasteiger partial charge in [-0.2, -0.15) is 0 Å². The first kappa shape index (κ1) is 12.8. The van der Waals surface area contributed by atoms with Crippen LogP contribution in [0.25, 0.3) is 0 Å². The summed E-state index contributed by atoms with van der Waals surface area (Å²) in [4.78, 5) is 14.3. The number of hydrogen-bond acceptors (Lipinski definition) is 3. The van der Waals surface area contributed by atoms with Crippen LogP contribution in [0.1, 0.15) is 32.1 Å². The summed E-state index contributed by atoms with van der Waals surface area (Å²) in [6, 6.07) is 0. The highest BCUT2D eigenvalue weighted by atomic mass is 16.5. The van der Waals surface area contributed by atoms with Crippen molar-refractivity contribution in [1.29, 1.82) is 0 Å². The molecule has 1 aliphatic heterocycles. The van der Waals surface area contributed by atoms with E-state index in [0.717, 1.165) is 25.3 Å². The van der Waals surface area contributed by atoms with Crippen LogP contribution in [0.4, 0.5) is 0 Å². The SMILES string of the molecule is COCNC(=O)C1CCCN(CC2CCC2)C1. The second kappa shape index (κ2) is 6.36. The van der Waals surface area contributed by atoms with Gasteiger partial charge in [0, 0.05) is 20.2 Å². The van der Waals surface area contributed by atoms with E-state index in [-0.39, 0.29) is 11.8 Å². The van der Waals surface area contributed by atoms with Gasteiger partial charge >= 0.3 is 0 Å². The van der Waals surface area contributed by atoms with Gasteiger partial charge in [0.15, 0.2) is 0 Å². The van der Waals surface area contributed by atoms with Crippen molar-refractivity contribution in [3.63, 3.8) is 0 Å². The molecule has 1 heterocycles. The number of amides is 1. The standard InChI is InChI=1S/C13H24N2O2/c1-17-10-14-13(16)12-6-3-7-15(9-12)8-11-4-2-5-11/h11-12H,2-10H2,1H3,(H,14,16). The van der Waals surface area contributed by atoms with E-state index in [0.29, 0.717) is 6.73 Å². The molecule has 2 fully saturated rings. The van der Waals surface area contributed by atoms with Crippen LogP contribution in [0.15, 0.2) is 0 Å². The van der Waals surface area contributed by atoms with Gasteiger partial charge in [0.2, 0.25) is 5.91 Å². The lowest BCUT2D eigenvalue weighted by atomic mass is 9.84. The van der Waals surface area contributed by atoms with E-state index < -0.39 is 0 Å². The Morgan fingerprint density at radius 1 is 1.35 bits per heavy atom. The predicted molar refractivity (Wildman–Crippen MR) is 66.5 cm³/mol. The van der Waals surface area contributed by atoms with Crippen LogP contribution in [-0.2, 0) is 9.53 Å². The van der Waals surface area contributed by atoms with Crippen LogP contribution < -0.4 is 5.32 Å². The van der Waals surface area contributed by atoms with Gasteiger partial charge < -0.3 is 15.0 Å². The van der Waals surface area contributed by atoms with E-state index in [1.165, 1.54) is 32.4 Å². The summed E-state index contributed by atoms with van der Waals surface area (Å²) in [5.41, 5.74) is 0. The van der Waals surface area contributed by atoms with Gasteiger partial charge in [-0.1, -0.05) is 6.42 Å². The molecule has 0 bridgehead atoms. The number of piperidine rings is 1. The molecule has 1 unspecified atom stereocenters. The van der Waals surface area contributed by atoms with Gasteiger partial charge in [-0.15, -0.1) is 0 Å². The third kappa shape index (κ3) is 3.68. The first-order chi connectivity index (χ1) is 8.29. The van der Waals surface area contributed by atoms with E-state index in [9.17, 15) is 4.79 Å². The van der Waals surface area contributed by atoms with E-state index in [4.69, 9.17) is 4.74 Å². The molecule has 17 heavy (non-hydrogen) atoms. The Labute approximate surface area is 104 Å². The maximum atomic E-state index is 11.9. The van der Waals surface area contributed by atoms with Crippen molar-refractivity contribution < 1.29 is 9.53 Å². The second-order valence-electron chi connectivity index (χ2n) is 5.37. The number of ether oxygens (including phenoxy) is 1. The molecule has 2 aliphatic rings. The fourth-order valence-corrected chi connectivity index (χ4v) is 2.76. The Morgan fingerprint density at radius 2 is 2.18 bits per heavy atom. The molecular weight excluding hydrogens is 216 g/mol. The Kier molecular flexibility index (Phi) is 4.80. The highest BCUT2D eigenvalue weighted by molar-refractivity contribution is 5.78. The largest absolute Gasteiger partial charge is 0.364 e. The molecule has 1 N–H and O–H groups in total. The van der Waals surface area contributed by atoms with E-state index in [1.807, 2.05) is 0 Å². The third-order valence-corrected chi connectivity index (χ3v) is 4.01. The predicted octanol–water partition coefficient (Wildman–Crippen LogP) is 1.22. The highest BCUT2D eigenvalue weighted by Gasteiger charge is 2.28. The molecule has 1 atom stereocenters. The van der Waals surface area contributed by atoms with Gasteiger partial charge in [-0.05, 0) is 38.1 Å². The molecule has 1 aliphatic carbocycles. The van der Waals surface area contributed by atoms with Gasteiger partial charge in [0.05, 0.1) is 5.92 Å². The number of carbonyl (C=O) groups is 1. The number of methoxy groups -OCH3 is 1. The van der Waals surface area contributed by atoms with Crippen LogP contribution >= 0.6 is 0 Å². The highest BCUT2D eigenvalue weighted by Crippen LogP contribution is 2.28. The molecule has 1 saturated carbocycles. The van der Waals surface area contributed by atoms with Crippen molar-refractivity contribution in [2.75, 3.05) is 33.5 Å². The van der Waals surface area contributed by atoms with Crippen molar-refractivity contribution in [1.82, 2.24) is 10.2 Å². The normalized spacial score (nSPS) is 26.5. The number of nitrogens with one attached hydrogen (secondary N) is 1. The molecule has 0 spiro atoms. The minimum absolute atomic E-state index is 0.158. The Bertz CT molecular complexity index is 254. The Hall–Kier alpha value is -0.610. The van der Waals surface area contributed by atoms with Crippen molar-refractivity contribution in [3.8, 4) is 0 Å². The fraction of sp³-hybridized carbons (Fsp3) is 0.923. The smallest absolute Gasteiger partial charge is 0.226 e. The van der Waals surface area contributed by atoms with Crippen LogP contribution in [0.2, 0.25) is 0 Å². The number of carbonyl (C=O) groups excluding carboxylic acids is 1. The quantitative estimate of drug-likeness (QED) is 0.735. The van der Waals surface area contributed by atoms with E-state index >= 15 is 0 Å². The van der Waals surface area contributed by atoms with Gasteiger partial charge in [-0.3, -0.25) is 4.79 Å². The topological polar surface area (TPSA) is 41.6 Å². The summed E-state index contributed by atoms with van der Waals surface area (Å²) < 4.78 is 4.88. The molecule has 0 aromatic rings. The zero-order valence-corrected chi connectivity index (χ0v) is 10.8. The molecule has 1 amide bonds. The van der Waals surface area contributed by atoms with E-state index in [1.54, 1.807) is 7.11 Å². The van der Waals surface area contributed by atoms with Crippen LogP contribution in [0, 0.1) is 11.8 Å². The van der Waals surface area contributed by atoms with E-state index in [2.05, 4.69) is 10.2 Å². The van der Waals surface area contributed by atoms with Crippen molar-refractivity contribution >= 4 is 5.91 Å². The monoisotopic (exact) mass is 240 g/mol. The lowest BCUT2D eigenvalue weighted by molar-refractivity contribution is -0.128. The van der Waals surface area contributed by atoms with Gasteiger partial charge in [0.1, 0.15) is 6.73 Å². The summed E-state index contributed by atoms with van der Waals surface area (Å²) in [6.45, 7) is 3.64. The minimum Gasteiger partial charge on any atom is -0.364 e. The van der Waals surface area contributed by atoms with Crippen molar-refractivity contribution in [3.05, 3.63) is 0 Å². The molecule has 98 valence electrons. The Balaban J connectivity index is 1.73. The molecule has 2 rings (SSSR count). The minimum atomic E-state index is 0.158. The molecule has 0 aromatic heterocycles. The number of nitrogens with zero attached hydrogens (tertiary/aromatic N) is 1. The van der Waals surface area contributed by atoms with Crippen LogP contribution in [0.5, 0.6) is 0 Å². The third-order valence-electron chi connectivity index (χ3n) is 4.01. The molecular formula is C13H24N2O2. The van der Waals surface area contributed by atoms with Crippen molar-refractivity contribution in [2.24, 2.45) is 11.8 Å². The molecule has 0 aromatic carbocycles. The summed E-state index contributed by atoms with van der Waals surface area (Å²) in [6.07, 6.45) is 6.35. The lowest BCUT2D eigenvalue weighted by Gasteiger charge is -2.37. The summed E-state index contributed by atoms with van der Waals surface area (Å²) >= 11 is 0. The van der Waals surface area contributed by atoms with Crippen LogP contribution in [-0.4, -0.2) is 44.3 Å². The zero-order chi connectivity index (χ0) is 12.1. The van der Waals surface area contributed by atoms with Gasteiger partial charge in [-0.25, -0.2) is 0 Å². The molecule has 4 heteroatoms. The maximum absolute atomic E-state index is 11.9. The van der Waals surface area contributed by atoms with Crippen LogP contribution in [0.3, 0.4) is 0 Å². The zero-order valence-electron chi connectivity index (χ0n) is 10.8. The fourth-order valence-electron chi connectivity index (χ4n) is 2.76. The van der Waals surface area contributed by atoms with Gasteiger partial charge in [0.25, 0.3) is 0 Å². The average Bonchev–Trinajstić information content (AvgIpc) is 2.31. The summed E-state index contributed by atoms with van der Waals surface area (Å²) in [5.74, 6) is 1.22. The lowest BCUT2D eigenvalue weighted by Crippen LogP contribution is -2.45. The molecule has 1 saturated heterocycles. The first-order valence-electron chi connectivity index (χ1n) is 6.78. The maximum Gasteiger partial charge on any atom is 0.226 e. The average molecular weight is 240 g/mol. The molecule has 4 nitrogen and oxygen atoms in total. The number of likely N-dealkylation sites (tertiary alicyclic amines) is 1. The number of rotatable bonds is 5. The number of hydrogen-bond donors (Lipinski definition) is 1. The summed E-state index contributed by atoms with van der Waals surface area (Å²) in [7, 11) is 1.60. The summed E-state index contributed by atoms with van der Waals surface area (Å²) in [5, 5.41) is 2.82.